The molecule has 3 rings (SSSR count). The van der Waals surface area contributed by atoms with Gasteiger partial charge in [0.15, 0.2) is 11.0 Å². The molecule has 0 aliphatic rings. The second-order valence-electron chi connectivity index (χ2n) is 5.29. The van der Waals surface area contributed by atoms with E-state index in [0.717, 1.165) is 17.3 Å². The largest absolute Gasteiger partial charge is 0.481 e. The van der Waals surface area contributed by atoms with Crippen molar-refractivity contribution in [3.63, 3.8) is 0 Å². The lowest BCUT2D eigenvalue weighted by Gasteiger charge is -2.03. The van der Waals surface area contributed by atoms with E-state index in [-0.39, 0.29) is 5.75 Å². The number of tetrazole rings is 1. The topological polar surface area (TPSA) is 112 Å². The number of halogens is 2. The number of hydrogen-bond acceptors (Lipinski definition) is 7. The molecule has 0 bridgehead atoms. The Labute approximate surface area is 162 Å². The normalized spacial score (nSPS) is 11.0. The van der Waals surface area contributed by atoms with Gasteiger partial charge in [-0.3, -0.25) is 4.79 Å². The van der Waals surface area contributed by atoms with Crippen molar-refractivity contribution in [2.45, 2.75) is 18.1 Å². The van der Waals surface area contributed by atoms with Gasteiger partial charge in [0.2, 0.25) is 0 Å². The molecule has 2 heterocycles. The number of hydrogen-bond donors (Lipinski definition) is 1. The maximum Gasteiger partial charge on any atom is 0.313 e. The highest BCUT2D eigenvalue weighted by molar-refractivity contribution is 7.99. The molecule has 0 aliphatic heterocycles. The zero-order chi connectivity index (χ0) is 18.7. The molecular weight excluding hydrogens is 401 g/mol. The number of rotatable bonds is 7. The van der Waals surface area contributed by atoms with Crippen LogP contribution in [0.15, 0.2) is 23.4 Å². The van der Waals surface area contributed by atoms with Crippen LogP contribution in [0.3, 0.4) is 0 Å². The highest BCUT2D eigenvalue weighted by Crippen LogP contribution is 2.21. The van der Waals surface area contributed by atoms with E-state index >= 15 is 0 Å². The summed E-state index contributed by atoms with van der Waals surface area (Å²) in [7, 11) is 1.76. The van der Waals surface area contributed by atoms with Crippen LogP contribution in [0.25, 0.3) is 0 Å². The van der Waals surface area contributed by atoms with E-state index in [1.165, 1.54) is 4.80 Å². The molecule has 1 N–H and O–H groups in total. The van der Waals surface area contributed by atoms with E-state index in [0.29, 0.717) is 39.8 Å². The molecule has 12 heteroatoms. The van der Waals surface area contributed by atoms with Gasteiger partial charge in [0.1, 0.15) is 5.82 Å². The first kappa shape index (κ1) is 18.6. The van der Waals surface area contributed by atoms with Crippen LogP contribution in [0.1, 0.15) is 17.2 Å². The predicted octanol–water partition coefficient (Wildman–Crippen LogP) is 1.92. The molecule has 26 heavy (non-hydrogen) atoms. The number of thioether (sulfide) groups is 1. The van der Waals surface area contributed by atoms with Crippen molar-refractivity contribution >= 4 is 40.9 Å². The van der Waals surface area contributed by atoms with Crippen molar-refractivity contribution in [1.29, 1.82) is 0 Å². The molecule has 0 atom stereocenters. The number of carbonyl (C=O) groups is 1. The van der Waals surface area contributed by atoms with Gasteiger partial charge in [0.05, 0.1) is 18.7 Å². The van der Waals surface area contributed by atoms with Gasteiger partial charge in [-0.25, -0.2) is 0 Å². The Hall–Kier alpha value is -2.17. The van der Waals surface area contributed by atoms with E-state index in [4.69, 9.17) is 28.3 Å². The molecule has 0 fully saturated rings. The summed E-state index contributed by atoms with van der Waals surface area (Å²) in [4.78, 5) is 12.1. The zero-order valence-electron chi connectivity index (χ0n) is 13.5. The van der Waals surface area contributed by atoms with E-state index < -0.39 is 5.97 Å². The van der Waals surface area contributed by atoms with Gasteiger partial charge in [-0.1, -0.05) is 41.0 Å². The summed E-state index contributed by atoms with van der Waals surface area (Å²) in [5.41, 5.74) is 0.825. The molecule has 3 aromatic rings. The maximum atomic E-state index is 10.7. The molecule has 2 aromatic heterocycles. The fourth-order valence-corrected chi connectivity index (χ4v) is 3.23. The first-order valence-electron chi connectivity index (χ1n) is 7.36. The van der Waals surface area contributed by atoms with Gasteiger partial charge in [-0.2, -0.15) is 4.80 Å². The Kier molecular flexibility index (Phi) is 5.74. The molecule has 0 saturated heterocycles. The van der Waals surface area contributed by atoms with Crippen molar-refractivity contribution in [2.75, 3.05) is 5.75 Å². The number of nitrogens with zero attached hydrogens (tertiary/aromatic N) is 7. The van der Waals surface area contributed by atoms with Gasteiger partial charge in [-0.15, -0.1) is 20.4 Å². The molecule has 0 spiro atoms. The Balaban J connectivity index is 1.68. The number of aliphatic carboxylic acids is 1. The predicted molar refractivity (Wildman–Crippen MR) is 95.5 cm³/mol. The zero-order valence-corrected chi connectivity index (χ0v) is 15.8. The minimum Gasteiger partial charge on any atom is -0.481 e. The van der Waals surface area contributed by atoms with Gasteiger partial charge in [-0.05, 0) is 22.9 Å². The maximum absolute atomic E-state index is 10.7. The summed E-state index contributed by atoms with van der Waals surface area (Å²) in [5.74, 6) is 0.0924. The lowest BCUT2D eigenvalue weighted by Crippen LogP contribution is -2.06. The van der Waals surface area contributed by atoms with Crippen molar-refractivity contribution in [1.82, 2.24) is 35.0 Å². The second kappa shape index (κ2) is 8.02. The molecule has 0 unspecified atom stereocenters. The van der Waals surface area contributed by atoms with Crippen molar-refractivity contribution in [2.24, 2.45) is 7.05 Å². The molecule has 1 aromatic carbocycles. The van der Waals surface area contributed by atoms with Crippen LogP contribution in [-0.2, 0) is 24.8 Å². The van der Waals surface area contributed by atoms with Crippen molar-refractivity contribution in [3.8, 4) is 0 Å². The fraction of sp³-hybridized carbons (Fsp3) is 0.286. The highest BCUT2D eigenvalue weighted by atomic mass is 35.5. The van der Waals surface area contributed by atoms with Crippen LogP contribution in [-0.4, -0.2) is 51.8 Å². The highest BCUT2D eigenvalue weighted by Gasteiger charge is 2.14. The lowest BCUT2D eigenvalue weighted by molar-refractivity contribution is -0.133. The smallest absolute Gasteiger partial charge is 0.313 e. The minimum absolute atomic E-state index is 0.0811. The van der Waals surface area contributed by atoms with Gasteiger partial charge < -0.3 is 9.67 Å². The van der Waals surface area contributed by atoms with Gasteiger partial charge in [0.25, 0.3) is 0 Å². The van der Waals surface area contributed by atoms with Crippen LogP contribution in [0.4, 0.5) is 0 Å². The third kappa shape index (κ3) is 4.51. The van der Waals surface area contributed by atoms with Crippen LogP contribution < -0.4 is 0 Å². The van der Waals surface area contributed by atoms with Crippen LogP contribution >= 0.6 is 35.0 Å². The summed E-state index contributed by atoms with van der Waals surface area (Å²) < 4.78 is 1.71. The van der Waals surface area contributed by atoms with Crippen LogP contribution in [0.5, 0.6) is 0 Å². The molecule has 9 nitrogen and oxygen atoms in total. The Morgan fingerprint density at radius 2 is 2.08 bits per heavy atom. The fourth-order valence-electron chi connectivity index (χ4n) is 2.11. The average Bonchev–Trinajstić information content (AvgIpc) is 3.16. The first-order chi connectivity index (χ1) is 12.4. The second-order valence-corrected chi connectivity index (χ2v) is 7.07. The van der Waals surface area contributed by atoms with E-state index in [1.54, 1.807) is 23.7 Å². The Bertz CT molecular complexity index is 943. The summed E-state index contributed by atoms with van der Waals surface area (Å²) in [6.07, 6.45) is 0.325. The quantitative estimate of drug-likeness (QED) is 0.584. The third-order valence-electron chi connectivity index (χ3n) is 3.39. The third-order valence-corrected chi connectivity index (χ3v) is 4.98. The van der Waals surface area contributed by atoms with E-state index in [2.05, 4.69) is 25.6 Å². The summed E-state index contributed by atoms with van der Waals surface area (Å²) >= 11 is 13.1. The van der Waals surface area contributed by atoms with E-state index in [9.17, 15) is 4.79 Å². The Morgan fingerprint density at radius 3 is 2.81 bits per heavy atom. The van der Waals surface area contributed by atoms with Crippen molar-refractivity contribution < 1.29 is 9.90 Å². The summed E-state index contributed by atoms with van der Waals surface area (Å²) in [6, 6.07) is 5.21. The standard InChI is InChI=1S/C14H13Cl2N7O2S/c1-22-12(18-19-14(22)26-7-13(24)25)5-11-17-21-23(20-11)6-8-2-3-9(15)4-10(8)16/h2-4H,5-7H2,1H3,(H,24,25). The van der Waals surface area contributed by atoms with Crippen molar-refractivity contribution in [3.05, 3.63) is 45.5 Å². The lowest BCUT2D eigenvalue weighted by atomic mass is 10.2. The molecule has 0 saturated carbocycles. The molecule has 0 amide bonds. The van der Waals surface area contributed by atoms with Gasteiger partial charge in [0, 0.05) is 17.1 Å². The van der Waals surface area contributed by atoms with E-state index in [1.807, 2.05) is 6.07 Å². The monoisotopic (exact) mass is 413 g/mol. The molecule has 0 aliphatic carbocycles. The number of aromatic nitrogens is 7. The first-order valence-corrected chi connectivity index (χ1v) is 9.10. The van der Waals surface area contributed by atoms with Gasteiger partial charge >= 0.3 is 5.97 Å². The number of carboxylic acid groups (broad SMARTS) is 1. The minimum atomic E-state index is -0.912. The summed E-state index contributed by atoms with van der Waals surface area (Å²) in [6.45, 7) is 0.363. The van der Waals surface area contributed by atoms with Crippen LogP contribution in [0, 0.1) is 0 Å². The molecular formula is C14H13Cl2N7O2S. The number of carboxylic acids is 1. The van der Waals surface area contributed by atoms with Crippen LogP contribution in [0.2, 0.25) is 10.0 Å². The molecule has 0 radical (unpaired) electrons. The number of benzene rings is 1. The molecule has 136 valence electrons. The Morgan fingerprint density at radius 1 is 1.27 bits per heavy atom. The summed E-state index contributed by atoms with van der Waals surface area (Å²) in [5, 5.41) is 30.7. The SMILES string of the molecule is Cn1c(Cc2nnn(Cc3ccc(Cl)cc3Cl)n2)nnc1SCC(=O)O. The average molecular weight is 414 g/mol.